The number of ether oxygens (including phenoxy) is 2. The minimum Gasteiger partial charge on any atom is -0.496 e. The first-order valence-electron chi connectivity index (χ1n) is 7.60. The monoisotopic (exact) mass is 374 g/mol. The summed E-state index contributed by atoms with van der Waals surface area (Å²) in [5, 5.41) is 5.17. The van der Waals surface area contributed by atoms with Gasteiger partial charge in [0.2, 0.25) is 0 Å². The summed E-state index contributed by atoms with van der Waals surface area (Å²) in [6, 6.07) is 11.5. The first-order chi connectivity index (χ1) is 12.2. The fourth-order valence-electron chi connectivity index (χ4n) is 2.86. The molecule has 3 aromatic heterocycles. The molecule has 0 amide bonds. The van der Waals surface area contributed by atoms with Gasteiger partial charge in [0, 0.05) is 17.6 Å². The van der Waals surface area contributed by atoms with E-state index in [9.17, 15) is 0 Å². The van der Waals surface area contributed by atoms with Gasteiger partial charge in [-0.25, -0.2) is 0 Å². The average molecular weight is 375 g/mol. The Morgan fingerprint density at radius 1 is 1.12 bits per heavy atom. The molecule has 128 valence electrons. The minimum atomic E-state index is 0.565. The van der Waals surface area contributed by atoms with Crippen molar-refractivity contribution in [2.45, 2.75) is 6.54 Å². The van der Waals surface area contributed by atoms with Crippen molar-refractivity contribution in [3.8, 4) is 22.1 Å². The van der Waals surface area contributed by atoms with Crippen LogP contribution >= 0.6 is 22.9 Å². The van der Waals surface area contributed by atoms with Gasteiger partial charge in [-0.3, -0.25) is 0 Å². The van der Waals surface area contributed by atoms with E-state index in [0.29, 0.717) is 12.3 Å². The van der Waals surface area contributed by atoms with Gasteiger partial charge in [0.05, 0.1) is 35.5 Å². The molecule has 5 nitrogen and oxygen atoms in total. The van der Waals surface area contributed by atoms with Crippen LogP contribution in [0.25, 0.3) is 21.5 Å². The van der Waals surface area contributed by atoms with Gasteiger partial charge in [-0.2, -0.15) is 0 Å². The minimum absolute atomic E-state index is 0.565. The van der Waals surface area contributed by atoms with Crippen LogP contribution in [0, 0.1) is 0 Å². The second-order valence-corrected chi connectivity index (χ2v) is 7.18. The summed E-state index contributed by atoms with van der Waals surface area (Å²) in [7, 11) is 3.32. The van der Waals surface area contributed by atoms with E-state index in [1.807, 2.05) is 42.6 Å². The third-order valence-corrected chi connectivity index (χ3v) is 5.24. The van der Waals surface area contributed by atoms with Gasteiger partial charge in [0.1, 0.15) is 17.2 Å². The maximum Gasteiger partial charge on any atom is 0.177 e. The number of fused-ring (bicyclic) bond motifs is 1. The number of aromatic nitrogens is 2. The fraction of sp³-hybridized carbons (Fsp3) is 0.167. The highest BCUT2D eigenvalue weighted by atomic mass is 35.5. The maximum atomic E-state index is 5.99. The molecule has 0 saturated heterocycles. The molecule has 0 N–H and O–H groups in total. The van der Waals surface area contributed by atoms with Crippen molar-refractivity contribution in [2.75, 3.05) is 14.2 Å². The zero-order valence-corrected chi connectivity index (χ0v) is 15.2. The van der Waals surface area contributed by atoms with Gasteiger partial charge in [0.15, 0.2) is 5.76 Å². The van der Waals surface area contributed by atoms with Crippen LogP contribution in [0.1, 0.15) is 5.69 Å². The van der Waals surface area contributed by atoms with E-state index in [1.54, 1.807) is 14.2 Å². The van der Waals surface area contributed by atoms with Crippen molar-refractivity contribution in [3.05, 3.63) is 52.6 Å². The molecule has 0 bridgehead atoms. The first kappa shape index (κ1) is 16.1. The van der Waals surface area contributed by atoms with Crippen molar-refractivity contribution in [3.63, 3.8) is 0 Å². The SMILES string of the molecule is COc1ccc(OC)c2c1ccn2Cc1cc(-c2ccc(Cl)s2)on1. The Balaban J connectivity index is 1.70. The maximum absolute atomic E-state index is 5.99. The van der Waals surface area contributed by atoms with E-state index in [2.05, 4.69) is 9.72 Å². The lowest BCUT2D eigenvalue weighted by atomic mass is 10.2. The highest BCUT2D eigenvalue weighted by molar-refractivity contribution is 7.19. The van der Waals surface area contributed by atoms with Crippen molar-refractivity contribution < 1.29 is 14.0 Å². The van der Waals surface area contributed by atoms with Gasteiger partial charge in [0.25, 0.3) is 0 Å². The number of methoxy groups -OCH3 is 2. The number of benzene rings is 1. The van der Waals surface area contributed by atoms with Crippen molar-refractivity contribution in [2.24, 2.45) is 0 Å². The number of nitrogens with zero attached hydrogens (tertiary/aromatic N) is 2. The number of halogens is 1. The molecule has 0 aliphatic rings. The summed E-state index contributed by atoms with van der Waals surface area (Å²) in [5.74, 6) is 2.31. The number of hydrogen-bond donors (Lipinski definition) is 0. The van der Waals surface area contributed by atoms with Gasteiger partial charge in [-0.15, -0.1) is 11.3 Å². The van der Waals surface area contributed by atoms with Gasteiger partial charge in [-0.05, 0) is 30.3 Å². The number of hydrogen-bond acceptors (Lipinski definition) is 5. The van der Waals surface area contributed by atoms with Crippen LogP contribution in [0.4, 0.5) is 0 Å². The quantitative estimate of drug-likeness (QED) is 0.489. The topological polar surface area (TPSA) is 49.4 Å². The molecule has 0 radical (unpaired) electrons. The van der Waals surface area contributed by atoms with Gasteiger partial charge in [-0.1, -0.05) is 16.8 Å². The lowest BCUT2D eigenvalue weighted by Crippen LogP contribution is -2.00. The third kappa shape index (κ3) is 2.88. The van der Waals surface area contributed by atoms with Crippen LogP contribution in [0.5, 0.6) is 11.5 Å². The van der Waals surface area contributed by atoms with E-state index >= 15 is 0 Å². The molecule has 0 aliphatic heterocycles. The lowest BCUT2D eigenvalue weighted by molar-refractivity contribution is 0.408. The Hall–Kier alpha value is -2.44. The Morgan fingerprint density at radius 2 is 1.92 bits per heavy atom. The first-order valence-corrected chi connectivity index (χ1v) is 8.80. The van der Waals surface area contributed by atoms with E-state index in [4.69, 9.17) is 25.6 Å². The lowest BCUT2D eigenvalue weighted by Gasteiger charge is -2.09. The Bertz CT molecular complexity index is 1030. The summed E-state index contributed by atoms with van der Waals surface area (Å²) >= 11 is 7.45. The summed E-state index contributed by atoms with van der Waals surface area (Å²) in [4.78, 5) is 0.959. The highest BCUT2D eigenvalue weighted by Gasteiger charge is 2.14. The molecule has 25 heavy (non-hydrogen) atoms. The van der Waals surface area contributed by atoms with Crippen LogP contribution in [-0.4, -0.2) is 23.9 Å². The summed E-state index contributed by atoms with van der Waals surface area (Å²) < 4.78 is 19.2. The molecule has 0 unspecified atom stereocenters. The van der Waals surface area contributed by atoms with E-state index < -0.39 is 0 Å². The van der Waals surface area contributed by atoms with Crippen LogP contribution in [0.2, 0.25) is 4.34 Å². The van der Waals surface area contributed by atoms with Crippen LogP contribution < -0.4 is 9.47 Å². The van der Waals surface area contributed by atoms with E-state index in [-0.39, 0.29) is 0 Å². The second kappa shape index (κ2) is 6.46. The van der Waals surface area contributed by atoms with E-state index in [0.717, 1.165) is 37.3 Å². The van der Waals surface area contributed by atoms with Crippen LogP contribution in [0.15, 0.2) is 47.1 Å². The number of rotatable bonds is 5. The second-order valence-electron chi connectivity index (χ2n) is 5.46. The largest absolute Gasteiger partial charge is 0.496 e. The molecule has 0 fully saturated rings. The van der Waals surface area contributed by atoms with Crippen molar-refractivity contribution in [1.82, 2.24) is 9.72 Å². The van der Waals surface area contributed by atoms with Gasteiger partial charge >= 0.3 is 0 Å². The molecule has 4 aromatic rings. The molecule has 0 atom stereocenters. The Kier molecular flexibility index (Phi) is 4.15. The highest BCUT2D eigenvalue weighted by Crippen LogP contribution is 2.35. The average Bonchev–Trinajstić information content (AvgIpc) is 3.35. The normalized spacial score (nSPS) is 11.2. The zero-order chi connectivity index (χ0) is 17.4. The Labute approximate surface area is 153 Å². The smallest absolute Gasteiger partial charge is 0.177 e. The molecule has 3 heterocycles. The molecule has 0 saturated carbocycles. The third-order valence-electron chi connectivity index (χ3n) is 4.00. The van der Waals surface area contributed by atoms with Crippen LogP contribution in [-0.2, 0) is 6.54 Å². The standard InChI is InChI=1S/C18H15ClN2O3S/c1-22-13-3-4-14(23-2)18-12(13)7-8-21(18)10-11-9-15(24-20-11)16-5-6-17(19)25-16/h3-9H,10H2,1-2H3. The summed E-state index contributed by atoms with van der Waals surface area (Å²) in [5.41, 5.74) is 1.78. The van der Waals surface area contributed by atoms with Gasteiger partial charge < -0.3 is 18.6 Å². The predicted molar refractivity (Wildman–Crippen MR) is 99.0 cm³/mol. The Morgan fingerprint density at radius 3 is 2.64 bits per heavy atom. The molecule has 0 spiro atoms. The molecular weight excluding hydrogens is 360 g/mol. The van der Waals surface area contributed by atoms with Crippen LogP contribution in [0.3, 0.4) is 0 Å². The number of thiophene rings is 1. The molecular formula is C18H15ClN2O3S. The molecule has 7 heteroatoms. The molecule has 0 aliphatic carbocycles. The summed E-state index contributed by atoms with van der Waals surface area (Å²) in [6.07, 6.45) is 1.99. The zero-order valence-electron chi connectivity index (χ0n) is 13.7. The van der Waals surface area contributed by atoms with E-state index in [1.165, 1.54) is 11.3 Å². The fourth-order valence-corrected chi connectivity index (χ4v) is 3.86. The van der Waals surface area contributed by atoms with Crippen molar-refractivity contribution in [1.29, 1.82) is 0 Å². The molecule has 1 aromatic carbocycles. The summed E-state index contributed by atoms with van der Waals surface area (Å²) in [6.45, 7) is 0.565. The molecule has 4 rings (SSSR count). The predicted octanol–water partition coefficient (Wildman–Crippen LogP) is 5.08. The van der Waals surface area contributed by atoms with Crippen molar-refractivity contribution >= 4 is 33.8 Å².